The highest BCUT2D eigenvalue weighted by Crippen LogP contribution is 2.27. The van der Waals surface area contributed by atoms with Gasteiger partial charge in [0.15, 0.2) is 6.61 Å². The number of carbonyl (C=O) groups is 1. The fraction of sp³-hybridized carbons (Fsp3) is 0.0667. The fourth-order valence-electron chi connectivity index (χ4n) is 1.60. The van der Waals surface area contributed by atoms with E-state index in [1.807, 2.05) is 22.6 Å². The summed E-state index contributed by atoms with van der Waals surface area (Å²) < 4.78 is 6.76. The highest BCUT2D eigenvalue weighted by molar-refractivity contribution is 14.1. The number of amides is 1. The van der Waals surface area contributed by atoms with Gasteiger partial charge in [-0.3, -0.25) is 4.79 Å². The third kappa shape index (κ3) is 5.67. The number of aromatic hydroxyl groups is 1. The summed E-state index contributed by atoms with van der Waals surface area (Å²) >= 11 is 11.2. The zero-order valence-electron chi connectivity index (χ0n) is 11.6. The molecule has 1 amide bonds. The van der Waals surface area contributed by atoms with Gasteiger partial charge in [-0.05, 0) is 52.9 Å². The van der Waals surface area contributed by atoms with E-state index in [-0.39, 0.29) is 12.4 Å². The quantitative estimate of drug-likeness (QED) is 0.365. The molecule has 8 heteroatoms. The van der Waals surface area contributed by atoms with Gasteiger partial charge < -0.3 is 9.84 Å². The fourth-order valence-corrected chi connectivity index (χ4v) is 3.33. The topological polar surface area (TPSA) is 70.9 Å². The van der Waals surface area contributed by atoms with Crippen molar-refractivity contribution in [2.45, 2.75) is 0 Å². The summed E-state index contributed by atoms with van der Waals surface area (Å²) in [6.07, 6.45) is 1.36. The number of nitrogens with zero attached hydrogens (tertiary/aromatic N) is 1. The van der Waals surface area contributed by atoms with Gasteiger partial charge in [0.2, 0.25) is 0 Å². The molecule has 0 saturated carbocycles. The molecule has 0 saturated heterocycles. The molecule has 0 unspecified atom stereocenters. The number of phenols is 1. The molecular formula is C15H11BrClIN2O3. The first-order valence-corrected chi connectivity index (χ1v) is 8.59. The van der Waals surface area contributed by atoms with Crippen LogP contribution in [-0.4, -0.2) is 23.8 Å². The lowest BCUT2D eigenvalue weighted by atomic mass is 10.2. The highest BCUT2D eigenvalue weighted by Gasteiger charge is 2.06. The number of rotatable bonds is 5. The predicted octanol–water partition coefficient (Wildman–Crippen LogP) is 3.94. The Labute approximate surface area is 160 Å². The van der Waals surface area contributed by atoms with Crippen molar-refractivity contribution in [2.75, 3.05) is 6.61 Å². The molecule has 2 rings (SSSR count). The maximum absolute atomic E-state index is 11.7. The number of ether oxygens (including phenoxy) is 1. The molecule has 2 N–H and O–H groups in total. The highest BCUT2D eigenvalue weighted by atomic mass is 127. The number of hydrogen-bond donors (Lipinski definition) is 2. The summed E-state index contributed by atoms with van der Waals surface area (Å²) in [7, 11) is 0. The Kier molecular flexibility index (Phi) is 6.67. The summed E-state index contributed by atoms with van der Waals surface area (Å²) in [5.74, 6) is 0.170. The van der Waals surface area contributed by atoms with Crippen LogP contribution in [0.25, 0.3) is 0 Å². The second kappa shape index (κ2) is 8.51. The largest absolute Gasteiger partial charge is 0.506 e. The molecule has 0 aromatic heterocycles. The van der Waals surface area contributed by atoms with Crippen molar-refractivity contribution in [1.82, 2.24) is 5.43 Å². The van der Waals surface area contributed by atoms with Crippen molar-refractivity contribution in [3.05, 3.63) is 55.0 Å². The SMILES string of the molecule is O=C(COc1cccc(Cl)c1)N/N=C/c1cc(Br)cc(I)c1O. The van der Waals surface area contributed by atoms with Crippen LogP contribution in [0.3, 0.4) is 0 Å². The molecule has 0 spiro atoms. The van der Waals surface area contributed by atoms with E-state index in [4.69, 9.17) is 16.3 Å². The monoisotopic (exact) mass is 508 g/mol. The molecule has 23 heavy (non-hydrogen) atoms. The van der Waals surface area contributed by atoms with E-state index in [1.54, 1.807) is 36.4 Å². The first kappa shape index (κ1) is 18.0. The van der Waals surface area contributed by atoms with Gasteiger partial charge in [-0.2, -0.15) is 5.10 Å². The van der Waals surface area contributed by atoms with Crippen molar-refractivity contribution >= 4 is 62.2 Å². The van der Waals surface area contributed by atoms with Gasteiger partial charge in [-0.15, -0.1) is 0 Å². The Hall–Kier alpha value is -1.32. The molecule has 0 aliphatic heterocycles. The van der Waals surface area contributed by atoms with Crippen LogP contribution in [-0.2, 0) is 4.79 Å². The van der Waals surface area contributed by atoms with Crippen molar-refractivity contribution in [3.8, 4) is 11.5 Å². The van der Waals surface area contributed by atoms with Gasteiger partial charge in [0.1, 0.15) is 11.5 Å². The average Bonchev–Trinajstić information content (AvgIpc) is 2.50. The Morgan fingerprint density at radius 3 is 2.96 bits per heavy atom. The summed E-state index contributed by atoms with van der Waals surface area (Å²) in [5.41, 5.74) is 2.81. The van der Waals surface area contributed by atoms with Gasteiger partial charge >= 0.3 is 0 Å². The minimum atomic E-state index is -0.426. The van der Waals surface area contributed by atoms with E-state index >= 15 is 0 Å². The van der Waals surface area contributed by atoms with Gasteiger partial charge in [0.25, 0.3) is 5.91 Å². The van der Waals surface area contributed by atoms with E-state index < -0.39 is 5.91 Å². The lowest BCUT2D eigenvalue weighted by molar-refractivity contribution is -0.123. The second-order valence-electron chi connectivity index (χ2n) is 4.36. The molecule has 0 aliphatic carbocycles. The molecule has 0 atom stereocenters. The molecule has 2 aromatic carbocycles. The summed E-state index contributed by atoms with van der Waals surface area (Å²) in [5, 5.41) is 14.2. The summed E-state index contributed by atoms with van der Waals surface area (Å²) in [6, 6.07) is 10.2. The molecule has 0 fully saturated rings. The van der Waals surface area contributed by atoms with Gasteiger partial charge in [0, 0.05) is 15.1 Å². The first-order valence-electron chi connectivity index (χ1n) is 6.34. The van der Waals surface area contributed by atoms with E-state index in [1.165, 1.54) is 6.21 Å². The number of hydrazone groups is 1. The standard InChI is InChI=1S/C15H11BrClIN2O3/c16-10-4-9(15(22)13(18)5-10)7-19-20-14(21)8-23-12-3-1-2-11(17)6-12/h1-7,22H,8H2,(H,20,21)/b19-7+. The Morgan fingerprint density at radius 1 is 1.43 bits per heavy atom. The van der Waals surface area contributed by atoms with Crippen LogP contribution in [0.15, 0.2) is 46.0 Å². The lowest BCUT2D eigenvalue weighted by Crippen LogP contribution is -2.24. The van der Waals surface area contributed by atoms with Gasteiger partial charge in [0.05, 0.1) is 9.78 Å². The zero-order chi connectivity index (χ0) is 16.8. The molecule has 2 aromatic rings. The van der Waals surface area contributed by atoms with Crippen molar-refractivity contribution in [1.29, 1.82) is 0 Å². The number of carbonyl (C=O) groups excluding carboxylic acids is 1. The average molecular weight is 510 g/mol. The van der Waals surface area contributed by atoms with Crippen LogP contribution in [0.2, 0.25) is 5.02 Å². The maximum Gasteiger partial charge on any atom is 0.277 e. The second-order valence-corrected chi connectivity index (χ2v) is 6.88. The number of nitrogens with one attached hydrogen (secondary N) is 1. The van der Waals surface area contributed by atoms with Crippen LogP contribution in [0, 0.1) is 3.57 Å². The number of phenolic OH excluding ortho intramolecular Hbond substituents is 1. The predicted molar refractivity (Wildman–Crippen MR) is 101 cm³/mol. The Morgan fingerprint density at radius 2 is 2.22 bits per heavy atom. The summed E-state index contributed by atoms with van der Waals surface area (Å²) in [4.78, 5) is 11.7. The van der Waals surface area contributed by atoms with Crippen molar-refractivity contribution in [3.63, 3.8) is 0 Å². The van der Waals surface area contributed by atoms with E-state index in [0.29, 0.717) is 19.9 Å². The lowest BCUT2D eigenvalue weighted by Gasteiger charge is -2.05. The van der Waals surface area contributed by atoms with Crippen molar-refractivity contribution in [2.24, 2.45) is 5.10 Å². The molecule has 120 valence electrons. The first-order chi connectivity index (χ1) is 11.0. The van der Waals surface area contributed by atoms with Gasteiger partial charge in [-0.1, -0.05) is 33.6 Å². The molecular weight excluding hydrogens is 498 g/mol. The molecule has 0 radical (unpaired) electrons. The Balaban J connectivity index is 1.89. The van der Waals surface area contributed by atoms with E-state index in [9.17, 15) is 9.90 Å². The number of hydrogen-bond acceptors (Lipinski definition) is 4. The van der Waals surface area contributed by atoms with Gasteiger partial charge in [-0.25, -0.2) is 5.43 Å². The molecule has 5 nitrogen and oxygen atoms in total. The minimum absolute atomic E-state index is 0.0991. The summed E-state index contributed by atoms with van der Waals surface area (Å²) in [6.45, 7) is -0.195. The Bertz CT molecular complexity index is 755. The molecule has 0 heterocycles. The third-order valence-corrected chi connectivity index (χ3v) is 4.13. The van der Waals surface area contributed by atoms with E-state index in [0.717, 1.165) is 4.47 Å². The van der Waals surface area contributed by atoms with Crippen molar-refractivity contribution < 1.29 is 14.6 Å². The normalized spacial score (nSPS) is 10.7. The van der Waals surface area contributed by atoms with Crippen LogP contribution in [0.1, 0.15) is 5.56 Å². The van der Waals surface area contributed by atoms with E-state index in [2.05, 4.69) is 26.5 Å². The zero-order valence-corrected chi connectivity index (χ0v) is 16.1. The van der Waals surface area contributed by atoms with Crippen LogP contribution < -0.4 is 10.2 Å². The molecule has 0 bridgehead atoms. The van der Waals surface area contributed by atoms with Crippen LogP contribution in [0.4, 0.5) is 0 Å². The smallest absolute Gasteiger partial charge is 0.277 e. The van der Waals surface area contributed by atoms with Crippen LogP contribution >= 0.6 is 50.1 Å². The number of benzene rings is 2. The number of halogens is 3. The van der Waals surface area contributed by atoms with Crippen LogP contribution in [0.5, 0.6) is 11.5 Å². The molecule has 0 aliphatic rings. The third-order valence-electron chi connectivity index (χ3n) is 2.62. The maximum atomic E-state index is 11.7. The minimum Gasteiger partial charge on any atom is -0.506 e.